The lowest BCUT2D eigenvalue weighted by atomic mass is 10.2. The van der Waals surface area contributed by atoms with E-state index in [1.807, 2.05) is 0 Å². The van der Waals surface area contributed by atoms with Crippen LogP contribution in [0, 0.1) is 24.7 Å². The predicted octanol–water partition coefficient (Wildman–Crippen LogP) is 0.873. The van der Waals surface area contributed by atoms with E-state index in [-0.39, 0.29) is 12.2 Å². The Morgan fingerprint density at radius 2 is 2.42 bits per heavy atom. The third kappa shape index (κ3) is 2.04. The fourth-order valence-corrected chi connectivity index (χ4v) is 0.775. The molecule has 1 heterocycles. The highest BCUT2D eigenvalue weighted by atomic mass is 19.1. The Hall–Kier alpha value is -1.40. The first-order chi connectivity index (χ1) is 5.74. The van der Waals surface area contributed by atoms with Crippen molar-refractivity contribution in [2.45, 2.75) is 6.92 Å². The third-order valence-electron chi connectivity index (χ3n) is 1.28. The van der Waals surface area contributed by atoms with Gasteiger partial charge in [0.05, 0.1) is 5.56 Å². The molecule has 0 aromatic carbocycles. The molecule has 0 aliphatic carbocycles. The fourth-order valence-electron chi connectivity index (χ4n) is 0.775. The first kappa shape index (κ1) is 8.69. The number of aliphatic hydroxyl groups is 1. The van der Waals surface area contributed by atoms with Gasteiger partial charge in [-0.2, -0.15) is 4.39 Å². The number of halogens is 1. The molecule has 0 fully saturated rings. The summed E-state index contributed by atoms with van der Waals surface area (Å²) in [5.74, 6) is 4.23. The average molecular weight is 165 g/mol. The van der Waals surface area contributed by atoms with Crippen LogP contribution in [0.15, 0.2) is 12.3 Å². The van der Waals surface area contributed by atoms with Gasteiger partial charge in [0.2, 0.25) is 5.95 Å². The highest BCUT2D eigenvalue weighted by Gasteiger charge is 1.98. The Labute approximate surface area is 70.1 Å². The smallest absolute Gasteiger partial charge is 0.228 e. The maximum Gasteiger partial charge on any atom is 0.228 e. The average Bonchev–Trinajstić information content (AvgIpc) is 2.07. The van der Waals surface area contributed by atoms with Gasteiger partial charge in [-0.15, -0.1) is 0 Å². The number of aromatic nitrogens is 1. The van der Waals surface area contributed by atoms with E-state index in [4.69, 9.17) is 5.11 Å². The number of pyridine rings is 1. The van der Waals surface area contributed by atoms with Crippen LogP contribution in [0.4, 0.5) is 4.39 Å². The van der Waals surface area contributed by atoms with Gasteiger partial charge in [0.25, 0.3) is 0 Å². The van der Waals surface area contributed by atoms with Gasteiger partial charge in [-0.05, 0) is 18.6 Å². The molecular formula is C9H8FNO. The van der Waals surface area contributed by atoms with Gasteiger partial charge in [0.15, 0.2) is 0 Å². The zero-order valence-electron chi connectivity index (χ0n) is 6.63. The van der Waals surface area contributed by atoms with Crippen molar-refractivity contribution in [1.82, 2.24) is 4.98 Å². The van der Waals surface area contributed by atoms with Crippen LogP contribution in [0.1, 0.15) is 11.1 Å². The van der Waals surface area contributed by atoms with Gasteiger partial charge in [-0.1, -0.05) is 11.8 Å². The number of hydrogen-bond donors (Lipinski definition) is 1. The number of nitrogens with zero attached hydrogens (tertiary/aromatic N) is 1. The molecule has 0 bridgehead atoms. The molecule has 0 unspecified atom stereocenters. The molecule has 0 radical (unpaired) electrons. The maximum absolute atomic E-state index is 12.8. The lowest BCUT2D eigenvalue weighted by Gasteiger charge is -1.94. The molecule has 0 aliphatic heterocycles. The zero-order chi connectivity index (χ0) is 8.97. The van der Waals surface area contributed by atoms with E-state index in [0.29, 0.717) is 0 Å². The van der Waals surface area contributed by atoms with E-state index in [0.717, 1.165) is 5.56 Å². The molecular weight excluding hydrogens is 157 g/mol. The standard InChI is InChI=1S/C9H8FNO/c1-7-5-8(3-2-4-12)9(10)11-6-7/h5-6,12H,4H2,1H3. The van der Waals surface area contributed by atoms with Crippen LogP contribution in [0.2, 0.25) is 0 Å². The largest absolute Gasteiger partial charge is 0.384 e. The van der Waals surface area contributed by atoms with E-state index in [1.165, 1.54) is 6.20 Å². The molecule has 3 heteroatoms. The molecule has 0 saturated heterocycles. The van der Waals surface area contributed by atoms with Crippen LogP contribution in [-0.4, -0.2) is 16.7 Å². The Morgan fingerprint density at radius 1 is 1.67 bits per heavy atom. The van der Waals surface area contributed by atoms with Crippen molar-refractivity contribution < 1.29 is 9.50 Å². The number of aliphatic hydroxyl groups excluding tert-OH is 1. The van der Waals surface area contributed by atoms with Gasteiger partial charge < -0.3 is 5.11 Å². The lowest BCUT2D eigenvalue weighted by molar-refractivity contribution is 0.350. The summed E-state index contributed by atoms with van der Waals surface area (Å²) in [6.45, 7) is 1.53. The Morgan fingerprint density at radius 3 is 3.08 bits per heavy atom. The number of hydrogen-bond acceptors (Lipinski definition) is 2. The Balaban J connectivity index is 3.05. The van der Waals surface area contributed by atoms with Crippen LogP contribution in [-0.2, 0) is 0 Å². The summed E-state index contributed by atoms with van der Waals surface area (Å²) >= 11 is 0. The highest BCUT2D eigenvalue weighted by molar-refractivity contribution is 5.34. The molecule has 12 heavy (non-hydrogen) atoms. The quantitative estimate of drug-likeness (QED) is 0.457. The summed E-state index contributed by atoms with van der Waals surface area (Å²) in [7, 11) is 0. The summed E-state index contributed by atoms with van der Waals surface area (Å²) < 4.78 is 12.8. The van der Waals surface area contributed by atoms with E-state index < -0.39 is 5.95 Å². The molecule has 0 aliphatic rings. The lowest BCUT2D eigenvalue weighted by Crippen LogP contribution is -1.90. The molecule has 1 N–H and O–H groups in total. The first-order valence-electron chi connectivity index (χ1n) is 3.46. The van der Waals surface area contributed by atoms with Gasteiger partial charge in [-0.25, -0.2) is 4.98 Å². The van der Waals surface area contributed by atoms with Crippen LogP contribution in [0.3, 0.4) is 0 Å². The molecule has 1 rings (SSSR count). The Bertz CT molecular complexity index is 338. The summed E-state index contributed by atoms with van der Waals surface area (Å²) in [6.07, 6.45) is 1.43. The molecule has 0 spiro atoms. The third-order valence-corrected chi connectivity index (χ3v) is 1.28. The maximum atomic E-state index is 12.8. The minimum Gasteiger partial charge on any atom is -0.384 e. The van der Waals surface area contributed by atoms with Crippen LogP contribution < -0.4 is 0 Å². The highest BCUT2D eigenvalue weighted by Crippen LogP contribution is 2.04. The van der Waals surface area contributed by atoms with Crippen molar-refractivity contribution in [3.63, 3.8) is 0 Å². The first-order valence-corrected chi connectivity index (χ1v) is 3.46. The van der Waals surface area contributed by atoms with Gasteiger partial charge in [-0.3, -0.25) is 0 Å². The molecule has 0 amide bonds. The van der Waals surface area contributed by atoms with Crippen molar-refractivity contribution in [2.75, 3.05) is 6.61 Å². The van der Waals surface area contributed by atoms with Gasteiger partial charge >= 0.3 is 0 Å². The number of rotatable bonds is 0. The number of aryl methyl sites for hydroxylation is 1. The molecule has 62 valence electrons. The minimum atomic E-state index is -0.596. The summed E-state index contributed by atoms with van der Waals surface area (Å²) in [5, 5.41) is 8.37. The van der Waals surface area contributed by atoms with Crippen LogP contribution in [0.5, 0.6) is 0 Å². The minimum absolute atomic E-state index is 0.226. The van der Waals surface area contributed by atoms with Gasteiger partial charge in [0.1, 0.15) is 6.61 Å². The zero-order valence-corrected chi connectivity index (χ0v) is 6.63. The second-order valence-electron chi connectivity index (χ2n) is 2.31. The van der Waals surface area contributed by atoms with Crippen molar-refractivity contribution in [1.29, 1.82) is 0 Å². The van der Waals surface area contributed by atoms with E-state index >= 15 is 0 Å². The second kappa shape index (κ2) is 3.84. The van der Waals surface area contributed by atoms with Crippen molar-refractivity contribution in [3.8, 4) is 11.8 Å². The van der Waals surface area contributed by atoms with Crippen molar-refractivity contribution in [2.24, 2.45) is 0 Å². The van der Waals surface area contributed by atoms with Gasteiger partial charge in [0, 0.05) is 6.20 Å². The summed E-state index contributed by atoms with van der Waals surface area (Å²) in [5.41, 5.74) is 1.07. The van der Waals surface area contributed by atoms with E-state index in [9.17, 15) is 4.39 Å². The van der Waals surface area contributed by atoms with E-state index in [2.05, 4.69) is 16.8 Å². The molecule has 1 aromatic heterocycles. The van der Waals surface area contributed by atoms with E-state index in [1.54, 1.807) is 13.0 Å². The van der Waals surface area contributed by atoms with Crippen LogP contribution >= 0.6 is 0 Å². The predicted molar refractivity (Wildman–Crippen MR) is 42.9 cm³/mol. The summed E-state index contributed by atoms with van der Waals surface area (Å²) in [6, 6.07) is 1.59. The van der Waals surface area contributed by atoms with Crippen molar-refractivity contribution >= 4 is 0 Å². The molecule has 2 nitrogen and oxygen atoms in total. The topological polar surface area (TPSA) is 33.1 Å². The second-order valence-corrected chi connectivity index (χ2v) is 2.31. The fraction of sp³-hybridized carbons (Fsp3) is 0.222. The Kier molecular flexibility index (Phi) is 2.78. The monoisotopic (exact) mass is 165 g/mol. The molecule has 0 atom stereocenters. The van der Waals surface area contributed by atoms with Crippen molar-refractivity contribution in [3.05, 3.63) is 29.3 Å². The molecule has 1 aromatic rings. The SMILES string of the molecule is Cc1cnc(F)c(C#CCO)c1. The normalized spacial score (nSPS) is 8.92. The van der Waals surface area contributed by atoms with Crippen LogP contribution in [0.25, 0.3) is 0 Å². The molecule has 0 saturated carbocycles. The summed E-state index contributed by atoms with van der Waals surface area (Å²) in [4.78, 5) is 3.48.